The maximum Gasteiger partial charge on any atom is 0.251 e. The number of ether oxygens (including phenoxy) is 4. The Bertz CT molecular complexity index is 800. The fraction of sp³-hybridized carbons (Fsp3) is 0.350. The summed E-state index contributed by atoms with van der Waals surface area (Å²) in [5, 5.41) is 2.99. The summed E-state index contributed by atoms with van der Waals surface area (Å²) in [7, 11) is 7.04. The molecule has 0 bridgehead atoms. The number of carbonyl (C=O) groups is 1. The van der Waals surface area contributed by atoms with E-state index in [1.165, 1.54) is 0 Å². The molecule has 1 aliphatic rings. The maximum atomic E-state index is 12.6. The second-order valence-corrected chi connectivity index (χ2v) is 6.40. The lowest BCUT2D eigenvalue weighted by Gasteiger charge is -2.25. The van der Waals surface area contributed by atoms with Gasteiger partial charge in [0.25, 0.3) is 5.91 Å². The highest BCUT2D eigenvalue weighted by molar-refractivity contribution is 5.95. The van der Waals surface area contributed by atoms with Crippen molar-refractivity contribution in [1.82, 2.24) is 10.2 Å². The molecule has 7 nitrogen and oxygen atoms in total. The molecule has 144 valence electrons. The first-order chi connectivity index (χ1) is 13.0. The van der Waals surface area contributed by atoms with E-state index >= 15 is 0 Å². The number of benzene rings is 2. The number of fused-ring (bicyclic) bond motifs is 1. The van der Waals surface area contributed by atoms with Gasteiger partial charge >= 0.3 is 0 Å². The van der Waals surface area contributed by atoms with E-state index in [1.807, 2.05) is 37.2 Å². The fourth-order valence-electron chi connectivity index (χ4n) is 2.95. The average Bonchev–Trinajstić information content (AvgIpc) is 3.15. The Labute approximate surface area is 158 Å². The molecule has 2 aromatic carbocycles. The minimum atomic E-state index is -0.195. The Hall–Kier alpha value is -2.93. The quantitative estimate of drug-likeness (QED) is 0.805. The largest absolute Gasteiger partial charge is 0.497 e. The second kappa shape index (κ2) is 8.18. The van der Waals surface area contributed by atoms with Crippen molar-refractivity contribution in [2.45, 2.75) is 6.04 Å². The highest BCUT2D eigenvalue weighted by Crippen LogP contribution is 2.35. The Morgan fingerprint density at radius 1 is 1.07 bits per heavy atom. The monoisotopic (exact) mass is 372 g/mol. The van der Waals surface area contributed by atoms with Crippen LogP contribution in [0.3, 0.4) is 0 Å². The van der Waals surface area contributed by atoms with Gasteiger partial charge in [0, 0.05) is 18.2 Å². The molecule has 0 saturated carbocycles. The highest BCUT2D eigenvalue weighted by Gasteiger charge is 2.20. The summed E-state index contributed by atoms with van der Waals surface area (Å²) in [6, 6.07) is 10.9. The zero-order chi connectivity index (χ0) is 19.4. The third-order valence-corrected chi connectivity index (χ3v) is 4.47. The van der Waals surface area contributed by atoms with Crippen LogP contribution in [0, 0.1) is 0 Å². The van der Waals surface area contributed by atoms with Crippen LogP contribution >= 0.6 is 0 Å². The zero-order valence-corrected chi connectivity index (χ0v) is 15.9. The fourth-order valence-corrected chi connectivity index (χ4v) is 2.95. The molecule has 1 atom stereocenters. The van der Waals surface area contributed by atoms with Gasteiger partial charge < -0.3 is 29.2 Å². The number of nitrogens with zero attached hydrogens (tertiary/aromatic N) is 1. The molecule has 0 unspecified atom stereocenters. The molecule has 1 N–H and O–H groups in total. The van der Waals surface area contributed by atoms with Crippen LogP contribution in [0.25, 0.3) is 0 Å². The van der Waals surface area contributed by atoms with Crippen molar-refractivity contribution in [3.05, 3.63) is 47.5 Å². The first-order valence-corrected chi connectivity index (χ1v) is 8.59. The second-order valence-electron chi connectivity index (χ2n) is 6.40. The molecule has 3 rings (SSSR count). The van der Waals surface area contributed by atoms with Gasteiger partial charge in [0.15, 0.2) is 11.5 Å². The molecule has 0 spiro atoms. The van der Waals surface area contributed by atoms with Crippen LogP contribution in [0.4, 0.5) is 0 Å². The van der Waals surface area contributed by atoms with Crippen LogP contribution in [-0.2, 0) is 0 Å². The Morgan fingerprint density at radius 2 is 1.74 bits per heavy atom. The van der Waals surface area contributed by atoms with Crippen LogP contribution in [0.15, 0.2) is 36.4 Å². The van der Waals surface area contributed by atoms with Crippen LogP contribution in [-0.4, -0.2) is 52.5 Å². The zero-order valence-electron chi connectivity index (χ0n) is 15.9. The molecule has 0 aromatic heterocycles. The molecule has 2 aromatic rings. The van der Waals surface area contributed by atoms with E-state index in [0.29, 0.717) is 23.6 Å². The van der Waals surface area contributed by atoms with E-state index in [0.717, 1.165) is 17.1 Å². The summed E-state index contributed by atoms with van der Waals surface area (Å²) < 4.78 is 21.3. The van der Waals surface area contributed by atoms with E-state index in [2.05, 4.69) is 5.32 Å². The number of amides is 1. The summed E-state index contributed by atoms with van der Waals surface area (Å²) in [5.41, 5.74) is 1.52. The lowest BCUT2D eigenvalue weighted by molar-refractivity contribution is 0.0941. The third-order valence-electron chi connectivity index (χ3n) is 4.47. The summed E-state index contributed by atoms with van der Waals surface area (Å²) in [4.78, 5) is 14.7. The Balaban J connectivity index is 1.74. The highest BCUT2D eigenvalue weighted by atomic mass is 16.7. The van der Waals surface area contributed by atoms with E-state index in [9.17, 15) is 4.79 Å². The lowest BCUT2D eigenvalue weighted by atomic mass is 10.0. The Morgan fingerprint density at radius 3 is 2.37 bits per heavy atom. The first kappa shape index (κ1) is 18.8. The molecule has 0 radical (unpaired) electrons. The summed E-state index contributed by atoms with van der Waals surface area (Å²) in [6.07, 6.45) is 0. The van der Waals surface area contributed by atoms with Crippen molar-refractivity contribution in [1.29, 1.82) is 0 Å². The third kappa shape index (κ3) is 4.25. The average molecular weight is 372 g/mol. The van der Waals surface area contributed by atoms with E-state index in [1.54, 1.807) is 32.4 Å². The summed E-state index contributed by atoms with van der Waals surface area (Å²) in [6.45, 7) is 0.671. The van der Waals surface area contributed by atoms with Gasteiger partial charge in [-0.05, 0) is 43.9 Å². The van der Waals surface area contributed by atoms with Crippen LogP contribution in [0.2, 0.25) is 0 Å². The van der Waals surface area contributed by atoms with Gasteiger partial charge in [-0.15, -0.1) is 0 Å². The molecule has 1 amide bonds. The molecular weight excluding hydrogens is 348 g/mol. The van der Waals surface area contributed by atoms with Crippen molar-refractivity contribution in [3.63, 3.8) is 0 Å². The van der Waals surface area contributed by atoms with Gasteiger partial charge in [0.2, 0.25) is 6.79 Å². The number of likely N-dealkylation sites (N-methyl/N-ethyl adjacent to an activating group) is 1. The van der Waals surface area contributed by atoms with Gasteiger partial charge in [-0.25, -0.2) is 0 Å². The molecule has 1 heterocycles. The van der Waals surface area contributed by atoms with Crippen molar-refractivity contribution in [2.24, 2.45) is 0 Å². The van der Waals surface area contributed by atoms with Gasteiger partial charge in [-0.1, -0.05) is 6.07 Å². The van der Waals surface area contributed by atoms with E-state index in [4.69, 9.17) is 18.9 Å². The molecule has 0 aliphatic carbocycles. The van der Waals surface area contributed by atoms with Gasteiger partial charge in [0.1, 0.15) is 11.5 Å². The number of hydrogen-bond acceptors (Lipinski definition) is 6. The summed E-state index contributed by atoms with van der Waals surface area (Å²) >= 11 is 0. The topological polar surface area (TPSA) is 69.3 Å². The number of methoxy groups -OCH3 is 2. The molecule has 0 saturated heterocycles. The number of carbonyl (C=O) groups excluding carboxylic acids is 1. The molecule has 1 aliphatic heterocycles. The predicted octanol–water partition coefficient (Wildman–Crippen LogP) is 2.47. The summed E-state index contributed by atoms with van der Waals surface area (Å²) in [5.74, 6) is 2.41. The minimum Gasteiger partial charge on any atom is -0.497 e. The van der Waals surface area contributed by atoms with Crippen LogP contribution < -0.4 is 24.3 Å². The molecule has 7 heteroatoms. The lowest BCUT2D eigenvalue weighted by Crippen LogP contribution is -2.34. The molecule has 27 heavy (non-hydrogen) atoms. The smallest absolute Gasteiger partial charge is 0.251 e. The number of rotatable bonds is 7. The standard InChI is InChI=1S/C20H24N2O5/c1-22(2)17(13-5-6-18-19(9-13)27-12-26-18)11-21-20(23)14-7-15(24-3)10-16(8-14)25-4/h5-10,17H,11-12H2,1-4H3,(H,21,23)/t17-/m1/s1. The predicted molar refractivity (Wildman–Crippen MR) is 101 cm³/mol. The van der Waals surface area contributed by atoms with Crippen LogP contribution in [0.5, 0.6) is 23.0 Å². The van der Waals surface area contributed by atoms with Gasteiger partial charge in [0.05, 0.1) is 20.3 Å². The molecular formula is C20H24N2O5. The van der Waals surface area contributed by atoms with E-state index in [-0.39, 0.29) is 18.7 Å². The Kier molecular flexibility index (Phi) is 5.71. The maximum absolute atomic E-state index is 12.6. The van der Waals surface area contributed by atoms with Gasteiger partial charge in [-0.3, -0.25) is 4.79 Å². The van der Waals surface area contributed by atoms with Crippen molar-refractivity contribution >= 4 is 5.91 Å². The number of nitrogens with one attached hydrogen (secondary N) is 1. The minimum absolute atomic E-state index is 0.0176. The van der Waals surface area contributed by atoms with Crippen molar-refractivity contribution in [3.8, 4) is 23.0 Å². The van der Waals surface area contributed by atoms with E-state index < -0.39 is 0 Å². The first-order valence-electron chi connectivity index (χ1n) is 8.59. The van der Waals surface area contributed by atoms with Crippen LogP contribution in [0.1, 0.15) is 22.0 Å². The number of hydrogen-bond donors (Lipinski definition) is 1. The van der Waals surface area contributed by atoms with Crippen molar-refractivity contribution in [2.75, 3.05) is 41.7 Å². The van der Waals surface area contributed by atoms with Crippen molar-refractivity contribution < 1.29 is 23.7 Å². The van der Waals surface area contributed by atoms with Gasteiger partial charge in [-0.2, -0.15) is 0 Å². The SMILES string of the molecule is COc1cc(OC)cc(C(=O)NC[C@H](c2ccc3c(c2)OCO3)N(C)C)c1. The normalized spacial score (nSPS) is 13.4. The molecule has 0 fully saturated rings.